The number of carbonyl (C=O) groups is 3. The van der Waals surface area contributed by atoms with Crippen LogP contribution >= 0.6 is 0 Å². The Morgan fingerprint density at radius 2 is 0.656 bits per heavy atom. The molecule has 5 N–H and O–H groups in total. The molecule has 128 heavy (non-hydrogen) atoms. The van der Waals surface area contributed by atoms with Crippen molar-refractivity contribution in [1.82, 2.24) is 0 Å². The number of Topliss-reactive ketones (excluding diaryl/α,β-unsaturated/α-hetero) is 3. The van der Waals surface area contributed by atoms with E-state index in [1.807, 2.05) is 24.3 Å². The smallest absolute Gasteiger partial charge is 0.311 e. The third-order valence-electron chi connectivity index (χ3n) is 23.1. The van der Waals surface area contributed by atoms with E-state index in [1.54, 1.807) is 116 Å². The normalized spacial score (nSPS) is 16.7. The van der Waals surface area contributed by atoms with E-state index in [2.05, 4.69) is 0 Å². The molecule has 5 aliphatic rings. The van der Waals surface area contributed by atoms with Crippen molar-refractivity contribution in [3.05, 3.63) is 226 Å². The predicted molar refractivity (Wildman–Crippen MR) is 463 cm³/mol. The molecule has 0 saturated carbocycles. The minimum Gasteiger partial charge on any atom is -0.504 e. The number of nitro benzene ring substituents is 1. The summed E-state index contributed by atoms with van der Waals surface area (Å²) >= 11 is 0. The molecule has 33 heteroatoms. The Morgan fingerprint density at radius 3 is 1.04 bits per heavy atom. The summed E-state index contributed by atoms with van der Waals surface area (Å²) in [5.74, 6) is 3.83. The lowest BCUT2D eigenvalue weighted by atomic mass is 9.91. The van der Waals surface area contributed by atoms with E-state index in [1.165, 1.54) is 117 Å². The molecule has 15 rings (SSSR count). The fourth-order valence-electron chi connectivity index (χ4n) is 17.3. The summed E-state index contributed by atoms with van der Waals surface area (Å²) in [6, 6.07) is 30.9. The van der Waals surface area contributed by atoms with Gasteiger partial charge in [-0.3, -0.25) is 24.5 Å². The van der Waals surface area contributed by atoms with Crippen molar-refractivity contribution in [1.29, 1.82) is 0 Å². The van der Waals surface area contributed by atoms with Crippen molar-refractivity contribution in [2.75, 3.05) is 148 Å². The van der Waals surface area contributed by atoms with Crippen LogP contribution in [0.2, 0.25) is 0 Å². The number of hydrogen-bond donors (Lipinski definition) is 4. The van der Waals surface area contributed by atoms with Gasteiger partial charge < -0.3 is 116 Å². The monoisotopic (exact) mass is 1770 g/mol. The number of ketones is 3. The number of aliphatic hydroxyl groups excluding tert-OH is 2. The molecular weight excluding hydrogens is 1670 g/mol. The predicted octanol–water partition coefficient (Wildman–Crippen LogP) is 16.5. The molecular formula is C95H101F3N2O28. The van der Waals surface area contributed by atoms with Gasteiger partial charge in [0.25, 0.3) is 0 Å². The molecule has 0 saturated heterocycles. The Hall–Kier alpha value is -14.1. The fourth-order valence-corrected chi connectivity index (χ4v) is 17.3. The van der Waals surface area contributed by atoms with Crippen LogP contribution in [0.4, 0.5) is 24.5 Å². The number of nitrogens with zero attached hydrogens (tertiary/aromatic N) is 1. The highest BCUT2D eigenvalue weighted by Crippen LogP contribution is 2.59. The molecule has 0 aromatic heterocycles. The van der Waals surface area contributed by atoms with Crippen molar-refractivity contribution in [3.8, 4) is 121 Å². The lowest BCUT2D eigenvalue weighted by molar-refractivity contribution is -0.385. The minimum atomic E-state index is -0.831. The Balaban J connectivity index is 0.000000155. The largest absolute Gasteiger partial charge is 0.504 e. The first-order chi connectivity index (χ1) is 61.5. The van der Waals surface area contributed by atoms with Crippen LogP contribution < -0.4 is 100 Å². The first-order valence-corrected chi connectivity index (χ1v) is 39.7. The van der Waals surface area contributed by atoms with Gasteiger partial charge in [0.05, 0.1) is 165 Å². The number of fused-ring (bicyclic) bond motifs is 5. The van der Waals surface area contributed by atoms with Gasteiger partial charge in [0.15, 0.2) is 110 Å². The Bertz CT molecular complexity index is 5790. The second-order valence-corrected chi connectivity index (χ2v) is 29.3. The summed E-state index contributed by atoms with van der Waals surface area (Å²) in [6.45, 7) is 0. The standard InChI is InChI=1S/C19H18F2O5.C19H19FO5.C19H21NO7.C19H23NO5.C19H20O6/c1-23-15-8-11-14(22)7-10(16(11)19(26-4)18(15)25-3)9-5-12(20)17(24-2)13(21)6-9;1-22-15-6-5-10(7-13(15)20)11-8-14(21)12-9-16(23-2)18(24-3)19(25-4)17(11)12;1-24-15-6-5-10(7-13(15)20(22)23)11-8-14(21)12-9-16(25-2)18(26-3)19(27-4)17(11)12;1-22-15-6-5-10(7-13(15)20)11-8-14(21)12-9-16(23-2)18(24-3)19(25-4)17(11)12;1-22-10-5-17(24-3)19(18(6-10)25-4)13-8-14(20)12-9-16(23-2)15(21)7-11(12)13/h5-6,8,10H,7H2,1-4H3;5-7,9,11H,8H2,1-4H3;5-7,9,11,14,21H,8H2,1-4H3;5-7,9,11,14,21H,8,20H2,1-4H3;5-7,9,13,21H,8H2,1-4H3. The summed E-state index contributed by atoms with van der Waals surface area (Å²) in [7, 11) is 29.8. The lowest BCUT2D eigenvalue weighted by Gasteiger charge is -2.20. The number of nitrogens with two attached hydrogens (primary N) is 1. The SMILES string of the molecule is COc1cc(OC)c(C2CC(=O)c3cc(OC)c(O)cc32)c(OC)c1.COc1cc2c(c(OC)c1OC)C(c1cc(F)c(OC)c(F)c1)CC2=O.COc1ccc(C2CC(=O)c3cc(OC)c(OC)c(OC)c32)cc1F.COc1ccc(C2CC(O)c3cc(OC)c(OC)c(OC)c32)cc1N.COc1ccc(C2CC(O)c3cc(OC)c(OC)c(OC)c32)cc1[N+](=O)[O-]. The number of anilines is 1. The van der Waals surface area contributed by atoms with Crippen LogP contribution in [-0.2, 0) is 0 Å². The van der Waals surface area contributed by atoms with Gasteiger partial charge in [0, 0.05) is 112 Å². The average Bonchev–Trinajstić information content (AvgIpc) is 1.60. The van der Waals surface area contributed by atoms with Gasteiger partial charge in [0.1, 0.15) is 23.0 Å². The maximum absolute atomic E-state index is 14.2. The molecule has 5 aliphatic carbocycles. The zero-order valence-electron chi connectivity index (χ0n) is 74.3. The first kappa shape index (κ1) is 94.6. The number of nitro groups is 1. The molecule has 0 spiro atoms. The molecule has 10 aromatic rings. The second kappa shape index (κ2) is 40.9. The van der Waals surface area contributed by atoms with Crippen molar-refractivity contribution in [2.24, 2.45) is 0 Å². The van der Waals surface area contributed by atoms with Gasteiger partial charge in [-0.05, 0) is 131 Å². The summed E-state index contributed by atoms with van der Waals surface area (Å²) in [6.07, 6.45) is 0.0956. The van der Waals surface area contributed by atoms with Crippen LogP contribution in [-0.4, -0.2) is 180 Å². The van der Waals surface area contributed by atoms with Crippen LogP contribution in [0, 0.1) is 27.6 Å². The molecule has 0 aliphatic heterocycles. The summed E-state index contributed by atoms with van der Waals surface area (Å²) in [5, 5.41) is 42.7. The molecule has 10 aromatic carbocycles. The minimum absolute atomic E-state index is 0.00704. The Kier molecular flexibility index (Phi) is 30.2. The van der Waals surface area contributed by atoms with Crippen LogP contribution in [0.5, 0.6) is 121 Å². The van der Waals surface area contributed by atoms with E-state index in [-0.39, 0.29) is 89.0 Å². The zero-order valence-corrected chi connectivity index (χ0v) is 74.3. The summed E-state index contributed by atoms with van der Waals surface area (Å²) in [4.78, 5) is 48.4. The van der Waals surface area contributed by atoms with Crippen LogP contribution in [0.3, 0.4) is 0 Å². The van der Waals surface area contributed by atoms with Crippen molar-refractivity contribution < 1.29 is 143 Å². The van der Waals surface area contributed by atoms with E-state index in [9.17, 15) is 53.0 Å². The molecule has 0 amide bonds. The van der Waals surface area contributed by atoms with E-state index < -0.39 is 46.3 Å². The number of methoxy groups -OCH3 is 20. The van der Waals surface area contributed by atoms with E-state index >= 15 is 0 Å². The molecule has 0 bridgehead atoms. The van der Waals surface area contributed by atoms with E-state index in [0.717, 1.165) is 33.4 Å². The van der Waals surface area contributed by atoms with Gasteiger partial charge in [-0.2, -0.15) is 0 Å². The van der Waals surface area contributed by atoms with Gasteiger partial charge in [-0.25, -0.2) is 13.2 Å². The number of carbonyl (C=O) groups excluding carboxylic acids is 3. The van der Waals surface area contributed by atoms with Crippen molar-refractivity contribution in [2.45, 2.75) is 73.9 Å². The number of ether oxygens (including phenoxy) is 20. The maximum Gasteiger partial charge on any atom is 0.311 e. The van der Waals surface area contributed by atoms with Crippen LogP contribution in [0.15, 0.2) is 115 Å². The average molecular weight is 1780 g/mol. The number of aliphatic hydroxyl groups is 2. The zero-order chi connectivity index (χ0) is 93.1. The van der Waals surface area contributed by atoms with Crippen LogP contribution in [0.1, 0.15) is 172 Å². The topological polar surface area (TPSA) is 366 Å². The number of nitrogen functional groups attached to an aromatic ring is 1. The molecule has 7 unspecified atom stereocenters. The van der Waals surface area contributed by atoms with E-state index in [4.69, 9.17) is 100 Å². The van der Waals surface area contributed by atoms with Gasteiger partial charge in [0.2, 0.25) is 23.0 Å². The molecule has 0 fully saturated rings. The van der Waals surface area contributed by atoms with Gasteiger partial charge in [-0.1, -0.05) is 18.2 Å². The molecule has 30 nitrogen and oxygen atoms in total. The summed E-state index contributed by atoms with van der Waals surface area (Å²) in [5.41, 5.74) is 16.4. The number of benzene rings is 10. The fraction of sp³-hybridized carbons (Fsp3) is 0.337. The third kappa shape index (κ3) is 18.0. The Morgan fingerprint density at radius 1 is 0.312 bits per heavy atom. The summed E-state index contributed by atoms with van der Waals surface area (Å²) < 4.78 is 149. The second-order valence-electron chi connectivity index (χ2n) is 29.3. The highest BCUT2D eigenvalue weighted by atomic mass is 19.1. The van der Waals surface area contributed by atoms with Crippen molar-refractivity contribution in [3.63, 3.8) is 0 Å². The van der Waals surface area contributed by atoms with E-state index in [0.29, 0.717) is 161 Å². The number of phenolic OH excluding ortho intramolecular Hbond substituents is 1. The molecule has 0 heterocycles. The van der Waals surface area contributed by atoms with Crippen molar-refractivity contribution >= 4 is 28.7 Å². The number of phenols is 1. The quantitative estimate of drug-likeness (QED) is 0.0222. The van der Waals surface area contributed by atoms with Crippen LogP contribution in [0.25, 0.3) is 0 Å². The number of rotatable bonds is 26. The third-order valence-corrected chi connectivity index (χ3v) is 23.1. The lowest BCUT2D eigenvalue weighted by Crippen LogP contribution is -2.04. The number of halogens is 3. The van der Waals surface area contributed by atoms with Gasteiger partial charge in [-0.15, -0.1) is 0 Å². The highest BCUT2D eigenvalue weighted by Gasteiger charge is 2.44. The molecule has 680 valence electrons. The first-order valence-electron chi connectivity index (χ1n) is 39.7. The molecule has 7 atom stereocenters. The highest BCUT2D eigenvalue weighted by molar-refractivity contribution is 6.05. The maximum atomic E-state index is 14.2. The number of hydrogen-bond acceptors (Lipinski definition) is 29. The molecule has 0 radical (unpaired) electrons. The number of aromatic hydroxyl groups is 1. The van der Waals surface area contributed by atoms with Gasteiger partial charge >= 0.3 is 5.69 Å². The Labute approximate surface area is 736 Å².